The van der Waals surface area contributed by atoms with Gasteiger partial charge in [-0.1, -0.05) is 24.3 Å². The highest BCUT2D eigenvalue weighted by molar-refractivity contribution is 7.12. The Morgan fingerprint density at radius 3 is 2.55 bits per heavy atom. The van der Waals surface area contributed by atoms with Gasteiger partial charge in [0.15, 0.2) is 0 Å². The number of pyridine rings is 1. The van der Waals surface area contributed by atoms with Crippen LogP contribution in [0, 0.1) is 20.8 Å². The predicted octanol–water partition coefficient (Wildman–Crippen LogP) is 5.36. The number of hydrogen-bond donors (Lipinski definition) is 1. The maximum absolute atomic E-state index is 13.3. The zero-order valence-electron chi connectivity index (χ0n) is 16.7. The fourth-order valence-electron chi connectivity index (χ4n) is 3.35. The fraction of sp³-hybridized carbons (Fsp3) is 0.167. The average Bonchev–Trinajstić information content (AvgIpc) is 3.23. The largest absolute Gasteiger partial charge is 0.322 e. The van der Waals surface area contributed by atoms with Gasteiger partial charge in [-0.05, 0) is 78.6 Å². The van der Waals surface area contributed by atoms with Crippen LogP contribution >= 0.6 is 11.3 Å². The number of rotatable bonds is 4. The minimum Gasteiger partial charge on any atom is -0.322 e. The first-order valence-electron chi connectivity index (χ1n) is 9.47. The zero-order chi connectivity index (χ0) is 20.5. The molecule has 4 nitrogen and oxygen atoms in total. The van der Waals surface area contributed by atoms with E-state index in [0.717, 1.165) is 33.3 Å². The second-order valence-corrected chi connectivity index (χ2v) is 8.30. The molecule has 2 aromatic carbocycles. The topological polar surface area (TPSA) is 53.2 Å². The third kappa shape index (κ3) is 3.87. The number of aromatic nitrogens is 1. The molecule has 0 aliphatic carbocycles. The van der Waals surface area contributed by atoms with Crippen molar-refractivity contribution >= 4 is 33.8 Å². The summed E-state index contributed by atoms with van der Waals surface area (Å²) in [6.45, 7) is 6.27. The third-order valence-corrected chi connectivity index (χ3v) is 6.04. The van der Waals surface area contributed by atoms with Crippen molar-refractivity contribution in [1.82, 2.24) is 4.98 Å². The molecule has 5 heteroatoms. The van der Waals surface area contributed by atoms with Crippen molar-refractivity contribution in [3.8, 4) is 0 Å². The van der Waals surface area contributed by atoms with Gasteiger partial charge in [-0.15, -0.1) is 11.3 Å². The Labute approximate surface area is 173 Å². The van der Waals surface area contributed by atoms with E-state index in [4.69, 9.17) is 0 Å². The monoisotopic (exact) mass is 402 g/mol. The lowest BCUT2D eigenvalue weighted by atomic mass is 10.1. The van der Waals surface area contributed by atoms with Crippen LogP contribution in [0.5, 0.6) is 0 Å². The minimum absolute atomic E-state index is 0.105. The second kappa shape index (κ2) is 7.68. The molecule has 0 atom stereocenters. The summed E-state index contributed by atoms with van der Waals surface area (Å²) in [5.74, 6) is -0.105. The lowest BCUT2D eigenvalue weighted by molar-refractivity contribution is 0.0989. The van der Waals surface area contributed by atoms with Crippen LogP contribution in [0.1, 0.15) is 31.9 Å². The van der Waals surface area contributed by atoms with Gasteiger partial charge in [-0.2, -0.15) is 0 Å². The molecule has 1 amide bonds. The van der Waals surface area contributed by atoms with Crippen molar-refractivity contribution in [1.29, 1.82) is 0 Å². The van der Waals surface area contributed by atoms with E-state index in [-0.39, 0.29) is 18.0 Å². The highest BCUT2D eigenvalue weighted by Crippen LogP contribution is 2.25. The number of thiophene rings is 1. The molecule has 0 spiro atoms. The highest BCUT2D eigenvalue weighted by atomic mass is 32.1. The van der Waals surface area contributed by atoms with E-state index in [2.05, 4.69) is 4.98 Å². The van der Waals surface area contributed by atoms with Crippen molar-refractivity contribution in [2.75, 3.05) is 4.90 Å². The normalized spacial score (nSPS) is 11.0. The molecule has 29 heavy (non-hydrogen) atoms. The molecular weight excluding hydrogens is 380 g/mol. The zero-order valence-corrected chi connectivity index (χ0v) is 17.5. The molecule has 4 rings (SSSR count). The van der Waals surface area contributed by atoms with Crippen LogP contribution in [0.15, 0.2) is 64.8 Å². The van der Waals surface area contributed by atoms with Crippen molar-refractivity contribution < 1.29 is 4.79 Å². The van der Waals surface area contributed by atoms with Gasteiger partial charge in [0.1, 0.15) is 0 Å². The molecule has 0 bridgehead atoms. The van der Waals surface area contributed by atoms with Gasteiger partial charge in [-0.25, -0.2) is 0 Å². The van der Waals surface area contributed by atoms with E-state index >= 15 is 0 Å². The molecule has 0 unspecified atom stereocenters. The summed E-state index contributed by atoms with van der Waals surface area (Å²) in [5.41, 5.74) is 5.34. The van der Waals surface area contributed by atoms with E-state index in [1.807, 2.05) is 80.7 Å². The number of hydrogen-bond acceptors (Lipinski definition) is 3. The van der Waals surface area contributed by atoms with Crippen molar-refractivity contribution in [2.24, 2.45) is 0 Å². The van der Waals surface area contributed by atoms with Gasteiger partial charge in [0.05, 0.1) is 11.4 Å². The SMILES string of the molecule is Cc1ccc2cc(CN(C(=O)c3cccs3)c3ccc(C)c(C)c3)c(=O)[nH]c2c1. The molecule has 2 aromatic heterocycles. The number of nitrogens with one attached hydrogen (secondary N) is 1. The summed E-state index contributed by atoms with van der Waals surface area (Å²) in [6, 6.07) is 17.5. The number of aromatic amines is 1. The molecule has 0 saturated carbocycles. The fourth-order valence-corrected chi connectivity index (χ4v) is 4.03. The molecule has 0 fully saturated rings. The molecule has 4 aromatic rings. The van der Waals surface area contributed by atoms with Crippen LogP contribution in [-0.2, 0) is 6.54 Å². The van der Waals surface area contributed by atoms with Gasteiger partial charge < -0.3 is 9.88 Å². The second-order valence-electron chi connectivity index (χ2n) is 7.35. The average molecular weight is 403 g/mol. The van der Waals surface area contributed by atoms with Crippen LogP contribution < -0.4 is 10.5 Å². The Bertz CT molecular complexity index is 1260. The van der Waals surface area contributed by atoms with Crippen LogP contribution in [0.25, 0.3) is 10.9 Å². The molecular formula is C24H22N2O2S. The summed E-state index contributed by atoms with van der Waals surface area (Å²) >= 11 is 1.40. The Kier molecular flexibility index (Phi) is 5.07. The summed E-state index contributed by atoms with van der Waals surface area (Å²) in [4.78, 5) is 31.3. The van der Waals surface area contributed by atoms with E-state index in [1.165, 1.54) is 11.3 Å². The number of nitrogens with zero attached hydrogens (tertiary/aromatic N) is 1. The number of anilines is 1. The quantitative estimate of drug-likeness (QED) is 0.499. The van der Waals surface area contributed by atoms with Gasteiger partial charge in [0, 0.05) is 16.8 Å². The Hall–Kier alpha value is -3.18. The Morgan fingerprint density at radius 1 is 1.00 bits per heavy atom. The molecule has 146 valence electrons. The first-order chi connectivity index (χ1) is 13.9. The summed E-state index contributed by atoms with van der Waals surface area (Å²) < 4.78 is 0. The number of carbonyl (C=O) groups excluding carboxylic acids is 1. The van der Waals surface area contributed by atoms with Crippen LogP contribution in [0.3, 0.4) is 0 Å². The van der Waals surface area contributed by atoms with Crippen molar-refractivity contribution in [3.63, 3.8) is 0 Å². The van der Waals surface area contributed by atoms with Crippen molar-refractivity contribution in [3.05, 3.63) is 97.5 Å². The number of benzene rings is 2. The van der Waals surface area contributed by atoms with E-state index in [0.29, 0.717) is 10.4 Å². The predicted molar refractivity (Wildman–Crippen MR) is 120 cm³/mol. The molecule has 0 radical (unpaired) electrons. The summed E-state index contributed by atoms with van der Waals surface area (Å²) in [6.07, 6.45) is 0. The summed E-state index contributed by atoms with van der Waals surface area (Å²) in [5, 5.41) is 2.84. The van der Waals surface area contributed by atoms with Gasteiger partial charge in [0.2, 0.25) is 0 Å². The van der Waals surface area contributed by atoms with Gasteiger partial charge >= 0.3 is 0 Å². The van der Waals surface area contributed by atoms with E-state index in [1.54, 1.807) is 4.90 Å². The summed E-state index contributed by atoms with van der Waals surface area (Å²) in [7, 11) is 0. The van der Waals surface area contributed by atoms with E-state index in [9.17, 15) is 9.59 Å². The smallest absolute Gasteiger partial charge is 0.268 e. The minimum atomic E-state index is -0.170. The number of aryl methyl sites for hydroxylation is 3. The number of amides is 1. The molecule has 2 heterocycles. The Balaban J connectivity index is 1.79. The first-order valence-corrected chi connectivity index (χ1v) is 10.4. The van der Waals surface area contributed by atoms with Crippen LogP contribution in [0.4, 0.5) is 5.69 Å². The van der Waals surface area contributed by atoms with Crippen LogP contribution in [0.2, 0.25) is 0 Å². The van der Waals surface area contributed by atoms with Gasteiger partial charge in [-0.3, -0.25) is 9.59 Å². The maximum Gasteiger partial charge on any atom is 0.268 e. The molecule has 1 N–H and O–H groups in total. The third-order valence-electron chi connectivity index (χ3n) is 5.19. The van der Waals surface area contributed by atoms with Crippen LogP contribution in [-0.4, -0.2) is 10.9 Å². The number of fused-ring (bicyclic) bond motifs is 1. The highest BCUT2D eigenvalue weighted by Gasteiger charge is 2.21. The lowest BCUT2D eigenvalue weighted by Gasteiger charge is -2.23. The maximum atomic E-state index is 13.3. The molecule has 0 aliphatic heterocycles. The standard InChI is InChI=1S/C24H22N2O2S/c1-15-6-8-18-13-19(23(27)25-21(18)11-15)14-26(24(28)22-5-4-10-29-22)20-9-7-16(2)17(3)12-20/h4-13H,14H2,1-3H3,(H,25,27). The van der Waals surface area contributed by atoms with E-state index < -0.39 is 0 Å². The molecule has 0 saturated heterocycles. The van der Waals surface area contributed by atoms with Gasteiger partial charge in [0.25, 0.3) is 11.5 Å². The van der Waals surface area contributed by atoms with Crippen molar-refractivity contribution in [2.45, 2.75) is 27.3 Å². The number of H-pyrrole nitrogens is 1. The lowest BCUT2D eigenvalue weighted by Crippen LogP contribution is -2.32. The number of carbonyl (C=O) groups is 1. The Morgan fingerprint density at radius 2 is 1.83 bits per heavy atom. The first kappa shape index (κ1) is 19.2. The molecule has 0 aliphatic rings.